The maximum Gasteiger partial charge on any atom is 0.0776 e. The summed E-state index contributed by atoms with van der Waals surface area (Å²) < 4.78 is 0. The Labute approximate surface area is 216 Å². The summed E-state index contributed by atoms with van der Waals surface area (Å²) in [6.07, 6.45) is 6.83. The van der Waals surface area contributed by atoms with Gasteiger partial charge in [0.2, 0.25) is 0 Å². The van der Waals surface area contributed by atoms with Crippen LogP contribution in [0, 0.1) is 10.8 Å². The van der Waals surface area contributed by atoms with Gasteiger partial charge >= 0.3 is 0 Å². The Balaban J connectivity index is 2.14. The Hall–Kier alpha value is 0.217. The first-order valence-corrected chi connectivity index (χ1v) is 19.5. The van der Waals surface area contributed by atoms with Gasteiger partial charge < -0.3 is 10.6 Å². The predicted octanol–water partition coefficient (Wildman–Crippen LogP) is 6.88. The molecule has 2 saturated heterocycles. The quantitative estimate of drug-likeness (QED) is 0.316. The van der Waals surface area contributed by atoms with Crippen molar-refractivity contribution in [1.29, 1.82) is 0 Å². The molecule has 2 N–H and O–H groups in total. The van der Waals surface area contributed by atoms with Crippen molar-refractivity contribution in [3.63, 3.8) is 0 Å². The van der Waals surface area contributed by atoms with Gasteiger partial charge in [0.05, 0.1) is 8.07 Å². The monoisotopic (exact) mass is 520 g/mol. The van der Waals surface area contributed by atoms with E-state index in [1.54, 1.807) is 16.3 Å². The molecule has 3 unspecified atom stereocenters. The molecule has 34 heavy (non-hydrogen) atoms. The van der Waals surface area contributed by atoms with E-state index in [9.17, 15) is 0 Å². The fourth-order valence-electron chi connectivity index (χ4n) is 6.49. The van der Waals surface area contributed by atoms with Crippen LogP contribution in [-0.4, -0.2) is 45.6 Å². The molecule has 0 radical (unpaired) electrons. The predicted molar refractivity (Wildman–Crippen MR) is 162 cm³/mol. The van der Waals surface area contributed by atoms with Crippen molar-refractivity contribution < 1.29 is 0 Å². The van der Waals surface area contributed by atoms with Gasteiger partial charge in [-0.15, -0.1) is 9.24 Å². The SMILES string of the molecule is CC(C)(C)C(P)(c1ccc([Si](C)(C)C)cc1CP(C1CCCNC1)C1CCCNC1)C(C)(C)C. The van der Waals surface area contributed by atoms with Crippen molar-refractivity contribution in [1.82, 2.24) is 10.6 Å². The highest BCUT2D eigenvalue weighted by Gasteiger charge is 2.49. The first-order chi connectivity index (χ1) is 15.7. The largest absolute Gasteiger partial charge is 0.316 e. The second-order valence-electron chi connectivity index (χ2n) is 14.1. The number of hydrogen-bond acceptors (Lipinski definition) is 2. The van der Waals surface area contributed by atoms with Crippen LogP contribution in [0.2, 0.25) is 19.6 Å². The fraction of sp³-hybridized carbons (Fsp3) is 0.793. The van der Waals surface area contributed by atoms with Crippen LogP contribution in [-0.2, 0) is 11.3 Å². The smallest absolute Gasteiger partial charge is 0.0776 e. The maximum absolute atomic E-state index is 3.77. The van der Waals surface area contributed by atoms with Gasteiger partial charge in [-0.3, -0.25) is 0 Å². The van der Waals surface area contributed by atoms with Gasteiger partial charge in [-0.05, 0) is 78.2 Å². The molecule has 194 valence electrons. The summed E-state index contributed by atoms with van der Waals surface area (Å²) in [6.45, 7) is 27.1. The van der Waals surface area contributed by atoms with E-state index in [1.807, 2.05) is 0 Å². The lowest BCUT2D eigenvalue weighted by molar-refractivity contribution is 0.139. The Morgan fingerprint density at radius 3 is 1.76 bits per heavy atom. The standard InChI is InChI=1S/C29H54N2P2Si/c1-27(2,3)29(32,28(4,5)6)26-15-14-25(34(7,8)9)18-22(26)21-33(23-12-10-16-30-19-23)24-13-11-17-31-20-24/h14-15,18,23-24,30-31H,10-13,16-17,19-21,32H2,1-9H3. The number of nitrogens with one attached hydrogen (secondary N) is 2. The Morgan fingerprint density at radius 1 is 0.882 bits per heavy atom. The van der Waals surface area contributed by atoms with Gasteiger partial charge in [-0.1, -0.05) is 92.5 Å². The van der Waals surface area contributed by atoms with Crippen molar-refractivity contribution in [2.45, 2.75) is 110 Å². The first-order valence-electron chi connectivity index (χ1n) is 13.8. The minimum absolute atomic E-state index is 0.0178. The average molecular weight is 521 g/mol. The Morgan fingerprint density at radius 2 is 1.38 bits per heavy atom. The van der Waals surface area contributed by atoms with Gasteiger partial charge in [0, 0.05) is 18.2 Å². The highest BCUT2D eigenvalue weighted by Crippen LogP contribution is 2.60. The molecule has 1 aromatic carbocycles. The summed E-state index contributed by atoms with van der Waals surface area (Å²) in [4.78, 5) is 0. The summed E-state index contributed by atoms with van der Waals surface area (Å²) in [6, 6.07) is 7.73. The molecule has 2 aliphatic rings. The molecule has 5 heteroatoms. The fourth-order valence-corrected chi connectivity index (χ4v) is 11.5. The zero-order valence-electron chi connectivity index (χ0n) is 23.8. The molecule has 0 spiro atoms. The molecule has 0 bridgehead atoms. The van der Waals surface area contributed by atoms with Gasteiger partial charge in [0.15, 0.2) is 0 Å². The van der Waals surface area contributed by atoms with Crippen molar-refractivity contribution >= 4 is 30.4 Å². The molecule has 2 aliphatic heterocycles. The first kappa shape index (κ1) is 28.8. The minimum atomic E-state index is -1.39. The van der Waals surface area contributed by atoms with E-state index in [0.717, 1.165) is 11.3 Å². The van der Waals surface area contributed by atoms with E-state index in [0.29, 0.717) is 0 Å². The maximum atomic E-state index is 3.77. The summed E-state index contributed by atoms with van der Waals surface area (Å²) in [7, 11) is 1.93. The second-order valence-corrected chi connectivity index (χ2v) is 22.9. The molecule has 2 nitrogen and oxygen atoms in total. The van der Waals surface area contributed by atoms with E-state index in [1.165, 1.54) is 58.0 Å². The molecule has 3 rings (SSSR count). The zero-order valence-corrected chi connectivity index (χ0v) is 26.8. The van der Waals surface area contributed by atoms with Crippen LogP contribution in [0.5, 0.6) is 0 Å². The number of piperidine rings is 2. The number of benzene rings is 1. The topological polar surface area (TPSA) is 24.1 Å². The normalized spacial score (nSPS) is 24.2. The molecular formula is C29H54N2P2Si. The zero-order chi connectivity index (χ0) is 25.4. The average Bonchev–Trinajstić information content (AvgIpc) is 2.76. The highest BCUT2D eigenvalue weighted by molar-refractivity contribution is 7.58. The van der Waals surface area contributed by atoms with Crippen molar-refractivity contribution in [3.8, 4) is 0 Å². The third kappa shape index (κ3) is 6.19. The van der Waals surface area contributed by atoms with E-state index >= 15 is 0 Å². The molecule has 0 saturated carbocycles. The van der Waals surface area contributed by atoms with E-state index in [-0.39, 0.29) is 23.9 Å². The van der Waals surface area contributed by atoms with Gasteiger partial charge in [0.1, 0.15) is 0 Å². The summed E-state index contributed by atoms with van der Waals surface area (Å²) >= 11 is 0. The van der Waals surface area contributed by atoms with Crippen LogP contribution in [0.1, 0.15) is 78.4 Å². The van der Waals surface area contributed by atoms with E-state index in [2.05, 4.69) is 99.3 Å². The third-order valence-corrected chi connectivity index (χ3v) is 16.1. The highest BCUT2D eigenvalue weighted by atomic mass is 31.1. The molecule has 0 amide bonds. The van der Waals surface area contributed by atoms with Crippen molar-refractivity contribution in [2.75, 3.05) is 26.2 Å². The lowest BCUT2D eigenvalue weighted by atomic mass is 9.62. The molecule has 1 aromatic rings. The van der Waals surface area contributed by atoms with Crippen LogP contribution >= 0.6 is 17.2 Å². The van der Waals surface area contributed by atoms with Gasteiger partial charge in [0.25, 0.3) is 0 Å². The molecular weight excluding hydrogens is 466 g/mol. The molecule has 2 fully saturated rings. The van der Waals surface area contributed by atoms with Crippen molar-refractivity contribution in [2.24, 2.45) is 10.8 Å². The van der Waals surface area contributed by atoms with Gasteiger partial charge in [-0.25, -0.2) is 0 Å². The minimum Gasteiger partial charge on any atom is -0.316 e. The van der Waals surface area contributed by atoms with Crippen LogP contribution in [0.25, 0.3) is 0 Å². The summed E-state index contributed by atoms with van der Waals surface area (Å²) in [5.74, 6) is 0. The number of hydrogen-bond donors (Lipinski definition) is 2. The van der Waals surface area contributed by atoms with Crippen LogP contribution in [0.3, 0.4) is 0 Å². The van der Waals surface area contributed by atoms with Gasteiger partial charge in [-0.2, -0.15) is 0 Å². The number of rotatable bonds is 6. The van der Waals surface area contributed by atoms with E-state index in [4.69, 9.17) is 0 Å². The van der Waals surface area contributed by atoms with Crippen molar-refractivity contribution in [3.05, 3.63) is 29.3 Å². The second kappa shape index (κ2) is 10.9. The Bertz CT molecular complexity index is 775. The molecule has 3 atom stereocenters. The summed E-state index contributed by atoms with van der Waals surface area (Å²) in [5.41, 5.74) is 5.28. The van der Waals surface area contributed by atoms with E-state index < -0.39 is 8.07 Å². The molecule has 0 aromatic heterocycles. The Kier molecular flexibility index (Phi) is 9.24. The lowest BCUT2D eigenvalue weighted by Crippen LogP contribution is -2.47. The molecule has 0 aliphatic carbocycles. The molecule has 2 heterocycles. The lowest BCUT2D eigenvalue weighted by Gasteiger charge is -2.53. The van der Waals surface area contributed by atoms with Crippen LogP contribution in [0.4, 0.5) is 0 Å². The summed E-state index contributed by atoms with van der Waals surface area (Å²) in [5, 5.41) is 9.18. The van der Waals surface area contributed by atoms with Crippen LogP contribution in [0.15, 0.2) is 18.2 Å². The third-order valence-electron chi connectivity index (χ3n) is 8.59. The van der Waals surface area contributed by atoms with Crippen LogP contribution < -0.4 is 15.8 Å².